The van der Waals surface area contributed by atoms with Gasteiger partial charge in [-0.1, -0.05) is 30.0 Å². The lowest BCUT2D eigenvalue weighted by atomic mass is 9.99. The fourth-order valence-corrected chi connectivity index (χ4v) is 3.58. The summed E-state index contributed by atoms with van der Waals surface area (Å²) < 4.78 is 0. The number of pyridine rings is 1. The molecule has 1 aromatic heterocycles. The number of hydrogen-bond donors (Lipinski definition) is 1. The maximum atomic E-state index is 11.1. The molecule has 1 aliphatic carbocycles. The van der Waals surface area contributed by atoms with Crippen molar-refractivity contribution in [2.24, 2.45) is 5.92 Å². The van der Waals surface area contributed by atoms with Crippen molar-refractivity contribution in [2.75, 3.05) is 13.1 Å². The summed E-state index contributed by atoms with van der Waals surface area (Å²) >= 11 is 0. The molecule has 0 radical (unpaired) electrons. The first-order chi connectivity index (χ1) is 11.2. The molecule has 1 aromatic carbocycles. The SMILES string of the molecule is O=C(O)N1CC2Cc3cc(C#Cc4ccccc4)cnc3C2C1. The fraction of sp³-hybridized carbons (Fsp3) is 0.263. The second-order valence-electron chi connectivity index (χ2n) is 6.14. The van der Waals surface area contributed by atoms with E-state index in [9.17, 15) is 4.79 Å². The normalized spacial score (nSPS) is 21.3. The van der Waals surface area contributed by atoms with Gasteiger partial charge in [0.1, 0.15) is 0 Å². The molecule has 0 bridgehead atoms. The third-order valence-corrected chi connectivity index (χ3v) is 4.67. The zero-order valence-electron chi connectivity index (χ0n) is 12.6. The van der Waals surface area contributed by atoms with Gasteiger partial charge in [0, 0.05) is 42.0 Å². The van der Waals surface area contributed by atoms with E-state index in [1.165, 1.54) is 10.5 Å². The molecular formula is C19H16N2O2. The van der Waals surface area contributed by atoms with E-state index >= 15 is 0 Å². The van der Waals surface area contributed by atoms with Gasteiger partial charge in [-0.2, -0.15) is 0 Å². The summed E-state index contributed by atoms with van der Waals surface area (Å²) in [6.45, 7) is 1.18. The van der Waals surface area contributed by atoms with Crippen molar-refractivity contribution in [1.29, 1.82) is 0 Å². The number of hydrogen-bond acceptors (Lipinski definition) is 2. The molecule has 23 heavy (non-hydrogen) atoms. The van der Waals surface area contributed by atoms with Crippen molar-refractivity contribution < 1.29 is 9.90 Å². The van der Waals surface area contributed by atoms with Crippen LogP contribution in [-0.4, -0.2) is 34.2 Å². The van der Waals surface area contributed by atoms with Crippen LogP contribution in [0.15, 0.2) is 42.6 Å². The van der Waals surface area contributed by atoms with Crippen LogP contribution in [0.3, 0.4) is 0 Å². The van der Waals surface area contributed by atoms with Gasteiger partial charge in [-0.05, 0) is 36.1 Å². The average molecular weight is 304 g/mol. The summed E-state index contributed by atoms with van der Waals surface area (Å²) in [6.07, 6.45) is 1.88. The molecule has 2 aliphatic rings. The van der Waals surface area contributed by atoms with Gasteiger partial charge in [0.2, 0.25) is 0 Å². The van der Waals surface area contributed by atoms with Crippen molar-refractivity contribution in [1.82, 2.24) is 9.88 Å². The molecular weight excluding hydrogens is 288 g/mol. The van der Waals surface area contributed by atoms with Crippen molar-refractivity contribution >= 4 is 6.09 Å². The number of fused-ring (bicyclic) bond motifs is 3. The number of amides is 1. The summed E-state index contributed by atoms with van der Waals surface area (Å²) in [5.41, 5.74) is 4.19. The van der Waals surface area contributed by atoms with Gasteiger partial charge in [-0.25, -0.2) is 4.79 Å². The van der Waals surface area contributed by atoms with E-state index in [1.54, 1.807) is 6.20 Å². The molecule has 1 fully saturated rings. The van der Waals surface area contributed by atoms with E-state index in [1.807, 2.05) is 30.3 Å². The van der Waals surface area contributed by atoms with Crippen molar-refractivity contribution in [3.05, 3.63) is 65.0 Å². The molecule has 2 atom stereocenters. The van der Waals surface area contributed by atoms with Gasteiger partial charge in [-0.3, -0.25) is 4.98 Å². The zero-order valence-corrected chi connectivity index (χ0v) is 12.6. The fourth-order valence-electron chi connectivity index (χ4n) is 3.58. The number of nitrogens with zero attached hydrogens (tertiary/aromatic N) is 2. The summed E-state index contributed by atoms with van der Waals surface area (Å²) in [6, 6.07) is 12.0. The van der Waals surface area contributed by atoms with E-state index in [0.29, 0.717) is 19.0 Å². The Bertz CT molecular complexity index is 820. The van der Waals surface area contributed by atoms with Gasteiger partial charge in [0.05, 0.1) is 0 Å². The van der Waals surface area contributed by atoms with E-state index in [0.717, 1.165) is 23.2 Å². The molecule has 114 valence electrons. The van der Waals surface area contributed by atoms with Crippen LogP contribution in [0.1, 0.15) is 28.3 Å². The first-order valence-electron chi connectivity index (χ1n) is 7.74. The van der Waals surface area contributed by atoms with Crippen LogP contribution >= 0.6 is 0 Å². The average Bonchev–Trinajstić information content (AvgIpc) is 3.11. The van der Waals surface area contributed by atoms with E-state index < -0.39 is 6.09 Å². The summed E-state index contributed by atoms with van der Waals surface area (Å²) in [5.74, 6) is 6.93. The van der Waals surface area contributed by atoms with Gasteiger partial charge in [-0.15, -0.1) is 0 Å². The summed E-state index contributed by atoms with van der Waals surface area (Å²) in [7, 11) is 0. The highest BCUT2D eigenvalue weighted by atomic mass is 16.4. The molecule has 0 spiro atoms. The molecule has 1 N–H and O–H groups in total. The lowest BCUT2D eigenvalue weighted by molar-refractivity contribution is 0.153. The van der Waals surface area contributed by atoms with Crippen molar-refractivity contribution in [3.8, 4) is 11.8 Å². The Morgan fingerprint density at radius 2 is 1.96 bits per heavy atom. The minimum atomic E-state index is -0.828. The molecule has 4 heteroatoms. The van der Waals surface area contributed by atoms with Crippen LogP contribution < -0.4 is 0 Å². The van der Waals surface area contributed by atoms with Gasteiger partial charge in [0.15, 0.2) is 0 Å². The van der Waals surface area contributed by atoms with Gasteiger partial charge < -0.3 is 10.0 Å². The van der Waals surface area contributed by atoms with Crippen LogP contribution in [0.2, 0.25) is 0 Å². The Hall–Kier alpha value is -2.80. The van der Waals surface area contributed by atoms with Crippen molar-refractivity contribution in [2.45, 2.75) is 12.3 Å². The Labute approximate surface area is 134 Å². The van der Waals surface area contributed by atoms with Crippen molar-refractivity contribution in [3.63, 3.8) is 0 Å². The summed E-state index contributed by atoms with van der Waals surface area (Å²) in [5, 5.41) is 9.13. The lowest BCUT2D eigenvalue weighted by Crippen LogP contribution is -2.27. The van der Waals surface area contributed by atoms with Crippen LogP contribution in [0.25, 0.3) is 0 Å². The zero-order chi connectivity index (χ0) is 15.8. The summed E-state index contributed by atoms with van der Waals surface area (Å²) in [4.78, 5) is 17.2. The minimum absolute atomic E-state index is 0.247. The molecule has 1 aliphatic heterocycles. The Kier molecular flexibility index (Phi) is 3.27. The molecule has 2 unspecified atom stereocenters. The molecule has 1 saturated heterocycles. The smallest absolute Gasteiger partial charge is 0.407 e. The largest absolute Gasteiger partial charge is 0.465 e. The minimum Gasteiger partial charge on any atom is -0.465 e. The van der Waals surface area contributed by atoms with Gasteiger partial charge in [0.25, 0.3) is 0 Å². The second kappa shape index (κ2) is 5.44. The number of rotatable bonds is 0. The van der Waals surface area contributed by atoms with E-state index in [-0.39, 0.29) is 5.92 Å². The predicted octanol–water partition coefficient (Wildman–Crippen LogP) is 2.73. The van der Waals surface area contributed by atoms with E-state index in [2.05, 4.69) is 22.9 Å². The van der Waals surface area contributed by atoms with Crippen LogP contribution in [-0.2, 0) is 6.42 Å². The van der Waals surface area contributed by atoms with Crippen LogP contribution in [0, 0.1) is 17.8 Å². The highest BCUT2D eigenvalue weighted by Crippen LogP contribution is 2.41. The topological polar surface area (TPSA) is 53.4 Å². The quantitative estimate of drug-likeness (QED) is 0.761. The van der Waals surface area contributed by atoms with E-state index in [4.69, 9.17) is 5.11 Å². The molecule has 4 nitrogen and oxygen atoms in total. The standard InChI is InChI=1S/C19H16N2O2/c22-19(23)21-11-16-9-15-8-14(10-20-18(15)17(16)12-21)7-6-13-4-2-1-3-5-13/h1-5,8,10,16-17H,9,11-12H2,(H,22,23). The predicted molar refractivity (Wildman–Crippen MR) is 86.2 cm³/mol. The maximum absolute atomic E-state index is 11.1. The molecule has 1 amide bonds. The maximum Gasteiger partial charge on any atom is 0.407 e. The first kappa shape index (κ1) is 13.8. The molecule has 0 saturated carbocycles. The molecule has 2 aromatic rings. The highest BCUT2D eigenvalue weighted by molar-refractivity contribution is 5.66. The Balaban J connectivity index is 1.57. The molecule has 2 heterocycles. The lowest BCUT2D eigenvalue weighted by Gasteiger charge is -2.12. The second-order valence-corrected chi connectivity index (χ2v) is 6.14. The number of aromatic nitrogens is 1. The Morgan fingerprint density at radius 3 is 2.74 bits per heavy atom. The molecule has 4 rings (SSSR count). The third kappa shape index (κ3) is 2.55. The monoisotopic (exact) mass is 304 g/mol. The van der Waals surface area contributed by atoms with Gasteiger partial charge >= 0.3 is 6.09 Å². The number of benzene rings is 1. The number of likely N-dealkylation sites (tertiary alicyclic amines) is 1. The highest BCUT2D eigenvalue weighted by Gasteiger charge is 2.42. The van der Waals surface area contributed by atoms with Crippen LogP contribution in [0.5, 0.6) is 0 Å². The Morgan fingerprint density at radius 1 is 1.17 bits per heavy atom. The first-order valence-corrected chi connectivity index (χ1v) is 7.74. The third-order valence-electron chi connectivity index (χ3n) is 4.67. The van der Waals surface area contributed by atoms with Crippen LogP contribution in [0.4, 0.5) is 4.79 Å². The number of carbonyl (C=O) groups is 1. The number of carboxylic acid groups (broad SMARTS) is 1.